The van der Waals surface area contributed by atoms with Crippen molar-refractivity contribution in [2.24, 2.45) is 0 Å². The lowest BCUT2D eigenvalue weighted by atomic mass is 9.95. The topological polar surface area (TPSA) is 58.0 Å². The van der Waals surface area contributed by atoms with Crippen LogP contribution in [0, 0.1) is 0 Å². The first-order valence-corrected chi connectivity index (χ1v) is 10.7. The molecule has 29 heavy (non-hydrogen) atoms. The maximum Gasteiger partial charge on any atom is 0.0840 e. The van der Waals surface area contributed by atoms with Crippen LogP contribution in [0.3, 0.4) is 0 Å². The van der Waals surface area contributed by atoms with Gasteiger partial charge in [-0.05, 0) is 49.6 Å². The molecule has 0 amide bonds. The average molecular weight is 424 g/mol. The standard InChI is InChI=1S/C23H22ClN3OS/c1-14(21-12-29-13-26-21)27-22-18-10-16(6-9-20(18)25-11-19(22)24)15-4-7-17(8-5-15)23(2,3)28/h4-14,28H,1-3H3,(H,25,27). The third-order valence-electron chi connectivity index (χ3n) is 5.00. The summed E-state index contributed by atoms with van der Waals surface area (Å²) in [4.78, 5) is 8.87. The van der Waals surface area contributed by atoms with Crippen LogP contribution in [0.4, 0.5) is 5.69 Å². The van der Waals surface area contributed by atoms with Crippen molar-refractivity contribution in [2.45, 2.75) is 32.4 Å². The van der Waals surface area contributed by atoms with Gasteiger partial charge in [-0.15, -0.1) is 11.3 Å². The van der Waals surface area contributed by atoms with Crippen molar-refractivity contribution in [3.05, 3.63) is 75.8 Å². The lowest BCUT2D eigenvalue weighted by Crippen LogP contribution is -2.14. The molecule has 0 fully saturated rings. The van der Waals surface area contributed by atoms with E-state index in [-0.39, 0.29) is 6.04 Å². The first-order valence-electron chi connectivity index (χ1n) is 9.39. The summed E-state index contributed by atoms with van der Waals surface area (Å²) in [6, 6.07) is 14.1. The normalized spacial score (nSPS) is 12.9. The summed E-state index contributed by atoms with van der Waals surface area (Å²) in [5.74, 6) is 0. The number of anilines is 1. The van der Waals surface area contributed by atoms with Gasteiger partial charge in [0, 0.05) is 17.0 Å². The molecule has 4 aromatic rings. The van der Waals surface area contributed by atoms with Crippen molar-refractivity contribution in [2.75, 3.05) is 5.32 Å². The third kappa shape index (κ3) is 4.13. The molecule has 1 atom stereocenters. The fourth-order valence-corrected chi connectivity index (χ4v) is 4.14. The van der Waals surface area contributed by atoms with Gasteiger partial charge in [0.25, 0.3) is 0 Å². The minimum absolute atomic E-state index is 0.0269. The minimum Gasteiger partial charge on any atom is -0.386 e. The quantitative estimate of drug-likeness (QED) is 0.389. The van der Waals surface area contributed by atoms with Crippen molar-refractivity contribution < 1.29 is 5.11 Å². The molecule has 0 spiro atoms. The fraction of sp³-hybridized carbons (Fsp3) is 0.217. The van der Waals surface area contributed by atoms with Gasteiger partial charge in [-0.25, -0.2) is 4.98 Å². The number of halogens is 1. The highest BCUT2D eigenvalue weighted by Gasteiger charge is 2.16. The van der Waals surface area contributed by atoms with Gasteiger partial charge in [-0.2, -0.15) is 0 Å². The molecule has 0 aliphatic heterocycles. The molecule has 0 radical (unpaired) electrons. The van der Waals surface area contributed by atoms with E-state index >= 15 is 0 Å². The van der Waals surface area contributed by atoms with E-state index in [9.17, 15) is 5.11 Å². The Morgan fingerprint density at radius 2 is 1.79 bits per heavy atom. The van der Waals surface area contributed by atoms with Crippen LogP contribution in [-0.4, -0.2) is 15.1 Å². The van der Waals surface area contributed by atoms with Crippen LogP contribution in [0.1, 0.15) is 38.1 Å². The zero-order valence-corrected chi connectivity index (χ0v) is 18.1. The van der Waals surface area contributed by atoms with Gasteiger partial charge >= 0.3 is 0 Å². The van der Waals surface area contributed by atoms with Crippen LogP contribution < -0.4 is 5.32 Å². The zero-order chi connectivity index (χ0) is 20.6. The molecule has 2 heterocycles. The van der Waals surface area contributed by atoms with Gasteiger partial charge in [0.15, 0.2) is 0 Å². The van der Waals surface area contributed by atoms with E-state index < -0.39 is 5.60 Å². The van der Waals surface area contributed by atoms with Gasteiger partial charge in [0.2, 0.25) is 0 Å². The largest absolute Gasteiger partial charge is 0.386 e. The van der Waals surface area contributed by atoms with Crippen LogP contribution >= 0.6 is 22.9 Å². The highest BCUT2D eigenvalue weighted by atomic mass is 35.5. The van der Waals surface area contributed by atoms with Crippen molar-refractivity contribution in [1.82, 2.24) is 9.97 Å². The molecule has 4 rings (SSSR count). The Morgan fingerprint density at radius 1 is 1.07 bits per heavy atom. The number of thiazole rings is 1. The summed E-state index contributed by atoms with van der Waals surface area (Å²) < 4.78 is 0. The van der Waals surface area contributed by atoms with E-state index in [1.807, 2.05) is 41.2 Å². The maximum absolute atomic E-state index is 10.2. The number of hydrogen-bond donors (Lipinski definition) is 2. The van der Waals surface area contributed by atoms with E-state index in [1.54, 1.807) is 31.4 Å². The number of nitrogens with zero attached hydrogens (tertiary/aromatic N) is 2. The van der Waals surface area contributed by atoms with Gasteiger partial charge < -0.3 is 10.4 Å². The summed E-state index contributed by atoms with van der Waals surface area (Å²) in [5.41, 5.74) is 6.69. The summed E-state index contributed by atoms with van der Waals surface area (Å²) in [6.45, 7) is 5.64. The first-order chi connectivity index (χ1) is 13.8. The van der Waals surface area contributed by atoms with Crippen molar-refractivity contribution >= 4 is 39.5 Å². The molecule has 2 N–H and O–H groups in total. The Hall–Kier alpha value is -2.47. The Balaban J connectivity index is 1.74. The van der Waals surface area contributed by atoms with Crippen molar-refractivity contribution in [1.29, 1.82) is 0 Å². The Kier molecular flexibility index (Phi) is 5.30. The second kappa shape index (κ2) is 7.75. The number of hydrogen-bond acceptors (Lipinski definition) is 5. The maximum atomic E-state index is 10.2. The Bertz CT molecular complexity index is 1140. The smallest absolute Gasteiger partial charge is 0.0840 e. The number of aliphatic hydroxyl groups is 1. The Labute approximate surface area is 179 Å². The van der Waals surface area contributed by atoms with E-state index in [2.05, 4.69) is 34.3 Å². The number of aromatic nitrogens is 2. The monoisotopic (exact) mass is 423 g/mol. The summed E-state index contributed by atoms with van der Waals surface area (Å²) >= 11 is 8.08. The molecule has 0 bridgehead atoms. The van der Waals surface area contributed by atoms with Crippen LogP contribution in [-0.2, 0) is 5.60 Å². The molecule has 0 saturated carbocycles. The van der Waals surface area contributed by atoms with Gasteiger partial charge in [0.1, 0.15) is 0 Å². The molecule has 2 aromatic carbocycles. The number of benzene rings is 2. The number of rotatable bonds is 5. The van der Waals surface area contributed by atoms with Crippen molar-refractivity contribution in [3.8, 4) is 11.1 Å². The summed E-state index contributed by atoms with van der Waals surface area (Å²) in [7, 11) is 0. The van der Waals surface area contributed by atoms with Gasteiger partial charge in [0.05, 0.1) is 39.1 Å². The lowest BCUT2D eigenvalue weighted by Gasteiger charge is -2.18. The lowest BCUT2D eigenvalue weighted by molar-refractivity contribution is 0.0786. The molecule has 2 aromatic heterocycles. The summed E-state index contributed by atoms with van der Waals surface area (Å²) in [5, 5.41) is 17.3. The molecule has 0 aliphatic carbocycles. The number of pyridine rings is 1. The van der Waals surface area contributed by atoms with Crippen LogP contribution in [0.5, 0.6) is 0 Å². The van der Waals surface area contributed by atoms with Crippen LogP contribution in [0.25, 0.3) is 22.0 Å². The third-order valence-corrected chi connectivity index (χ3v) is 5.89. The molecule has 0 aliphatic rings. The Morgan fingerprint density at radius 3 is 2.45 bits per heavy atom. The zero-order valence-electron chi connectivity index (χ0n) is 16.5. The molecular formula is C23H22ClN3OS. The van der Waals surface area contributed by atoms with Crippen LogP contribution in [0.15, 0.2) is 59.6 Å². The predicted octanol–water partition coefficient (Wildman–Crippen LogP) is 6.41. The number of nitrogens with one attached hydrogen (secondary N) is 1. The molecule has 6 heteroatoms. The minimum atomic E-state index is -0.859. The predicted molar refractivity (Wildman–Crippen MR) is 122 cm³/mol. The molecular weight excluding hydrogens is 402 g/mol. The highest BCUT2D eigenvalue weighted by Crippen LogP contribution is 2.35. The van der Waals surface area contributed by atoms with E-state index in [0.717, 1.165) is 39.0 Å². The SMILES string of the molecule is CC(Nc1c(Cl)cnc2ccc(-c3ccc(C(C)(C)O)cc3)cc12)c1cscn1. The number of fused-ring (bicyclic) bond motifs is 1. The fourth-order valence-electron chi connectivity index (χ4n) is 3.29. The first kappa shape index (κ1) is 19.8. The second-order valence-electron chi connectivity index (χ2n) is 7.63. The summed E-state index contributed by atoms with van der Waals surface area (Å²) in [6.07, 6.45) is 1.68. The molecule has 4 nitrogen and oxygen atoms in total. The average Bonchev–Trinajstić information content (AvgIpc) is 3.24. The highest BCUT2D eigenvalue weighted by molar-refractivity contribution is 7.07. The molecule has 0 saturated heterocycles. The van der Waals surface area contributed by atoms with Crippen LogP contribution in [0.2, 0.25) is 5.02 Å². The van der Waals surface area contributed by atoms with E-state index in [1.165, 1.54) is 0 Å². The van der Waals surface area contributed by atoms with Gasteiger partial charge in [-0.1, -0.05) is 41.9 Å². The van der Waals surface area contributed by atoms with E-state index in [0.29, 0.717) is 5.02 Å². The van der Waals surface area contributed by atoms with E-state index in [4.69, 9.17) is 11.6 Å². The second-order valence-corrected chi connectivity index (χ2v) is 8.75. The molecule has 1 unspecified atom stereocenters. The molecule has 148 valence electrons. The van der Waals surface area contributed by atoms with Crippen molar-refractivity contribution in [3.63, 3.8) is 0 Å². The van der Waals surface area contributed by atoms with Gasteiger partial charge in [-0.3, -0.25) is 4.98 Å².